The van der Waals surface area contributed by atoms with Crippen LogP contribution in [0.4, 0.5) is 5.69 Å². The Morgan fingerprint density at radius 2 is 1.64 bits per heavy atom. The molecule has 25 heavy (non-hydrogen) atoms. The highest BCUT2D eigenvalue weighted by Crippen LogP contribution is 2.21. The molecule has 134 valence electrons. The van der Waals surface area contributed by atoms with Gasteiger partial charge >= 0.3 is 0 Å². The maximum atomic E-state index is 12.6. The van der Waals surface area contributed by atoms with Crippen LogP contribution in [-0.2, 0) is 10.0 Å². The van der Waals surface area contributed by atoms with E-state index >= 15 is 0 Å². The summed E-state index contributed by atoms with van der Waals surface area (Å²) >= 11 is 0. The number of carbonyl (C=O) groups is 1. The van der Waals surface area contributed by atoms with E-state index in [4.69, 9.17) is 0 Å². The van der Waals surface area contributed by atoms with Crippen LogP contribution in [0.15, 0.2) is 36.4 Å². The van der Waals surface area contributed by atoms with Crippen LogP contribution < -0.4 is 10.0 Å². The number of carbonyl (C=O) groups excluding carboxylic acids is 1. The zero-order valence-electron chi connectivity index (χ0n) is 15.2. The van der Waals surface area contributed by atoms with Gasteiger partial charge in [0.25, 0.3) is 5.91 Å². The summed E-state index contributed by atoms with van der Waals surface area (Å²) in [5, 5.41) is 2.97. The number of rotatable bonds is 5. The molecule has 0 unspecified atom stereocenters. The van der Waals surface area contributed by atoms with Gasteiger partial charge in [0.1, 0.15) is 0 Å². The Morgan fingerprint density at radius 3 is 2.28 bits per heavy atom. The lowest BCUT2D eigenvalue weighted by Gasteiger charge is -2.18. The van der Waals surface area contributed by atoms with Crippen molar-refractivity contribution in [2.24, 2.45) is 0 Å². The highest BCUT2D eigenvalue weighted by atomic mass is 32.2. The van der Waals surface area contributed by atoms with E-state index in [1.165, 1.54) is 0 Å². The first kappa shape index (κ1) is 19.0. The summed E-state index contributed by atoms with van der Waals surface area (Å²) in [6, 6.07) is 11.0. The normalized spacial score (nSPS) is 12.5. The van der Waals surface area contributed by atoms with E-state index in [2.05, 4.69) is 16.1 Å². The van der Waals surface area contributed by atoms with Gasteiger partial charge in [-0.2, -0.15) is 0 Å². The van der Waals surface area contributed by atoms with Crippen molar-refractivity contribution in [3.05, 3.63) is 64.2 Å². The van der Waals surface area contributed by atoms with Crippen LogP contribution in [0.25, 0.3) is 0 Å². The van der Waals surface area contributed by atoms with Crippen LogP contribution in [0.3, 0.4) is 0 Å². The minimum Gasteiger partial charge on any atom is -0.346 e. The fourth-order valence-corrected chi connectivity index (χ4v) is 3.28. The second-order valence-corrected chi connectivity index (χ2v) is 8.21. The zero-order chi connectivity index (χ0) is 18.8. The molecule has 0 radical (unpaired) electrons. The minimum atomic E-state index is -3.40. The molecule has 2 aromatic carbocycles. The monoisotopic (exact) mass is 360 g/mol. The van der Waals surface area contributed by atoms with E-state index in [0.29, 0.717) is 11.3 Å². The Labute approximate surface area is 149 Å². The number of benzene rings is 2. The highest BCUT2D eigenvalue weighted by Gasteiger charge is 2.15. The van der Waals surface area contributed by atoms with E-state index < -0.39 is 10.0 Å². The molecule has 0 heterocycles. The van der Waals surface area contributed by atoms with E-state index in [0.717, 1.165) is 28.5 Å². The van der Waals surface area contributed by atoms with Gasteiger partial charge in [0, 0.05) is 5.56 Å². The molecule has 5 nitrogen and oxygen atoms in total. The fraction of sp³-hybridized carbons (Fsp3) is 0.316. The number of sulfonamides is 1. The first-order valence-corrected chi connectivity index (χ1v) is 9.92. The molecule has 6 heteroatoms. The van der Waals surface area contributed by atoms with Crippen molar-refractivity contribution in [3.63, 3.8) is 0 Å². The minimum absolute atomic E-state index is 0.153. The quantitative estimate of drug-likeness (QED) is 0.857. The standard InChI is InChI=1S/C19H24N2O3S/c1-12-6-7-13(2)17(10-12)15(4)20-19(22)16-9-8-14(3)18(11-16)21-25(5,23)24/h6-11,15,21H,1-5H3,(H,20,22)/t15-/m0/s1. The van der Waals surface area contributed by atoms with Crippen LogP contribution in [0.5, 0.6) is 0 Å². The third-order valence-corrected chi connectivity index (χ3v) is 4.63. The first-order valence-electron chi connectivity index (χ1n) is 8.03. The van der Waals surface area contributed by atoms with Crippen LogP contribution >= 0.6 is 0 Å². The summed E-state index contributed by atoms with van der Waals surface area (Å²) in [7, 11) is -3.40. The van der Waals surface area contributed by atoms with Gasteiger partial charge in [-0.3, -0.25) is 9.52 Å². The molecule has 0 saturated carbocycles. The van der Waals surface area contributed by atoms with E-state index in [1.807, 2.05) is 32.9 Å². The molecule has 0 aliphatic carbocycles. The molecule has 1 amide bonds. The van der Waals surface area contributed by atoms with Gasteiger partial charge in [0.15, 0.2) is 0 Å². The number of aryl methyl sites for hydroxylation is 3. The van der Waals surface area contributed by atoms with Crippen molar-refractivity contribution in [2.45, 2.75) is 33.7 Å². The molecule has 0 saturated heterocycles. The van der Waals surface area contributed by atoms with Crippen molar-refractivity contribution >= 4 is 21.6 Å². The van der Waals surface area contributed by atoms with Crippen molar-refractivity contribution in [1.29, 1.82) is 0 Å². The second-order valence-electron chi connectivity index (χ2n) is 6.46. The van der Waals surface area contributed by atoms with Crippen LogP contribution in [0.1, 0.15) is 45.6 Å². The molecule has 0 fully saturated rings. The molecule has 2 aromatic rings. The van der Waals surface area contributed by atoms with Gasteiger partial charge in [-0.25, -0.2) is 8.42 Å². The predicted molar refractivity (Wildman–Crippen MR) is 101 cm³/mol. The largest absolute Gasteiger partial charge is 0.346 e. The molecule has 2 N–H and O–H groups in total. The SMILES string of the molecule is Cc1ccc(C)c([C@H](C)NC(=O)c2ccc(C)c(NS(C)(=O)=O)c2)c1. The van der Waals surface area contributed by atoms with Crippen molar-refractivity contribution in [2.75, 3.05) is 11.0 Å². The summed E-state index contributed by atoms with van der Waals surface area (Å²) in [6.45, 7) is 7.75. The Bertz CT molecular complexity index is 905. The predicted octanol–water partition coefficient (Wildman–Crippen LogP) is 3.47. The Morgan fingerprint density at radius 1 is 1.00 bits per heavy atom. The summed E-state index contributed by atoms with van der Waals surface area (Å²) in [4.78, 5) is 12.6. The molecule has 0 bridgehead atoms. The smallest absolute Gasteiger partial charge is 0.251 e. The van der Waals surface area contributed by atoms with Crippen LogP contribution in [0, 0.1) is 20.8 Å². The van der Waals surface area contributed by atoms with E-state index in [1.54, 1.807) is 25.1 Å². The number of anilines is 1. The second kappa shape index (κ2) is 7.27. The van der Waals surface area contributed by atoms with Gasteiger partial charge < -0.3 is 5.32 Å². The first-order chi connectivity index (χ1) is 11.6. The maximum absolute atomic E-state index is 12.6. The van der Waals surface area contributed by atoms with Crippen molar-refractivity contribution in [3.8, 4) is 0 Å². The Balaban J connectivity index is 2.23. The number of nitrogens with one attached hydrogen (secondary N) is 2. The third-order valence-electron chi connectivity index (χ3n) is 4.04. The van der Waals surface area contributed by atoms with Gasteiger partial charge in [0.05, 0.1) is 18.0 Å². The lowest BCUT2D eigenvalue weighted by atomic mass is 9.99. The van der Waals surface area contributed by atoms with Gasteiger partial charge in [0.2, 0.25) is 10.0 Å². The average Bonchev–Trinajstić information content (AvgIpc) is 2.50. The molecular weight excluding hydrogens is 336 g/mol. The topological polar surface area (TPSA) is 75.3 Å². The highest BCUT2D eigenvalue weighted by molar-refractivity contribution is 7.92. The van der Waals surface area contributed by atoms with Gasteiger partial charge in [-0.15, -0.1) is 0 Å². The lowest BCUT2D eigenvalue weighted by molar-refractivity contribution is 0.0940. The summed E-state index contributed by atoms with van der Waals surface area (Å²) in [5.74, 6) is -0.245. The van der Waals surface area contributed by atoms with Gasteiger partial charge in [-0.1, -0.05) is 29.8 Å². The van der Waals surface area contributed by atoms with Gasteiger partial charge in [-0.05, 0) is 56.5 Å². The number of hydrogen-bond donors (Lipinski definition) is 2. The molecule has 0 aliphatic heterocycles. The molecule has 0 spiro atoms. The van der Waals surface area contributed by atoms with Crippen LogP contribution in [-0.4, -0.2) is 20.6 Å². The molecular formula is C19H24N2O3S. The number of hydrogen-bond acceptors (Lipinski definition) is 3. The average molecular weight is 360 g/mol. The Kier molecular flexibility index (Phi) is 5.52. The summed E-state index contributed by atoms with van der Waals surface area (Å²) in [6.07, 6.45) is 1.09. The van der Waals surface area contributed by atoms with E-state index in [-0.39, 0.29) is 11.9 Å². The molecule has 0 aliphatic rings. The van der Waals surface area contributed by atoms with Crippen LogP contribution in [0.2, 0.25) is 0 Å². The fourth-order valence-electron chi connectivity index (χ4n) is 2.66. The third kappa shape index (κ3) is 5.06. The van der Waals surface area contributed by atoms with Crippen molar-refractivity contribution < 1.29 is 13.2 Å². The molecule has 2 rings (SSSR count). The maximum Gasteiger partial charge on any atom is 0.251 e. The summed E-state index contributed by atoms with van der Waals surface area (Å²) < 4.78 is 25.3. The summed E-state index contributed by atoms with van der Waals surface area (Å²) in [5.41, 5.74) is 4.89. The molecule has 1 atom stereocenters. The zero-order valence-corrected chi connectivity index (χ0v) is 16.0. The molecule has 0 aromatic heterocycles. The van der Waals surface area contributed by atoms with E-state index in [9.17, 15) is 13.2 Å². The lowest BCUT2D eigenvalue weighted by Crippen LogP contribution is -2.27. The Hall–Kier alpha value is -2.34. The van der Waals surface area contributed by atoms with Crippen molar-refractivity contribution in [1.82, 2.24) is 5.32 Å². The number of amides is 1.